The minimum absolute atomic E-state index is 0.543. The van der Waals surface area contributed by atoms with Crippen LogP contribution in [0.2, 0.25) is 0 Å². The van der Waals surface area contributed by atoms with Gasteiger partial charge in [-0.25, -0.2) is 15.0 Å². The summed E-state index contributed by atoms with van der Waals surface area (Å²) in [5, 5.41) is 7.38. The lowest BCUT2D eigenvalue weighted by Gasteiger charge is -2.13. The Balaban J connectivity index is 1.33. The average Bonchev–Trinajstić information content (AvgIpc) is 3.70. The fourth-order valence-electron chi connectivity index (χ4n) is 6.76. The molecule has 0 N–H and O–H groups in total. The molecule has 0 amide bonds. The number of hydrogen-bond donors (Lipinski definition) is 0. The largest absolute Gasteiger partial charge is 0.456 e. The second kappa shape index (κ2) is 9.55. The molecule has 0 bridgehead atoms. The number of rotatable bonds is 3. The predicted octanol–water partition coefficient (Wildman–Crippen LogP) is 10.4. The molecule has 0 radical (unpaired) electrons. The third-order valence-electron chi connectivity index (χ3n) is 8.78. The highest BCUT2D eigenvalue weighted by Gasteiger charge is 2.21. The molecule has 0 aliphatic carbocycles. The molecular weight excluding hydrogens is 568 g/mol. The average molecular weight is 591 g/mol. The van der Waals surface area contributed by atoms with Gasteiger partial charge in [0.2, 0.25) is 0 Å². The standard InChI is InChI=1S/C40H22N4O2/c1-2-11-24-23(10-1)22-30(26-13-4-3-12-25(24)26)40-43-38(28-15-7-18-32-35(28)27-14-5-6-17-31(27)45-32)42-39(44-40)29-16-8-19-33-36(29)37-34(46-33)20-9-21-41-37/h1-22H. The van der Waals surface area contributed by atoms with Crippen molar-refractivity contribution in [2.24, 2.45) is 0 Å². The second-order valence-corrected chi connectivity index (χ2v) is 11.4. The van der Waals surface area contributed by atoms with Crippen molar-refractivity contribution in [3.63, 3.8) is 0 Å². The first-order chi connectivity index (χ1) is 22.8. The van der Waals surface area contributed by atoms with Gasteiger partial charge in [0.25, 0.3) is 0 Å². The smallest absolute Gasteiger partial charge is 0.164 e. The molecule has 46 heavy (non-hydrogen) atoms. The van der Waals surface area contributed by atoms with Gasteiger partial charge in [0.1, 0.15) is 22.3 Å². The fraction of sp³-hybridized carbons (Fsp3) is 0. The maximum atomic E-state index is 6.25. The second-order valence-electron chi connectivity index (χ2n) is 11.4. The van der Waals surface area contributed by atoms with Gasteiger partial charge in [-0.1, -0.05) is 91.0 Å². The molecule has 10 rings (SSSR count). The first-order valence-electron chi connectivity index (χ1n) is 15.1. The van der Waals surface area contributed by atoms with Crippen LogP contribution in [0.4, 0.5) is 0 Å². The highest BCUT2D eigenvalue weighted by atomic mass is 16.3. The molecule has 0 saturated carbocycles. The van der Waals surface area contributed by atoms with Gasteiger partial charge in [0, 0.05) is 33.7 Å². The summed E-state index contributed by atoms with van der Waals surface area (Å²) in [6.07, 6.45) is 1.78. The molecule has 6 nitrogen and oxygen atoms in total. The van der Waals surface area contributed by atoms with Crippen LogP contribution in [0.25, 0.3) is 99.7 Å². The number of furan rings is 2. The zero-order valence-electron chi connectivity index (χ0n) is 24.3. The quantitative estimate of drug-likeness (QED) is 0.191. The van der Waals surface area contributed by atoms with E-state index >= 15 is 0 Å². The summed E-state index contributed by atoms with van der Waals surface area (Å²) in [4.78, 5) is 20.3. The summed E-state index contributed by atoms with van der Waals surface area (Å²) < 4.78 is 12.5. The zero-order valence-corrected chi connectivity index (χ0v) is 24.3. The minimum atomic E-state index is 0.543. The van der Waals surface area contributed by atoms with Crippen LogP contribution in [-0.2, 0) is 0 Å². The molecule has 0 unspecified atom stereocenters. The molecule has 6 aromatic carbocycles. The lowest BCUT2D eigenvalue weighted by molar-refractivity contribution is 0.668. The fourth-order valence-corrected chi connectivity index (χ4v) is 6.76. The SMILES string of the molecule is c1ccc2c(c1)cc(-c1nc(-c3cccc4oc5ccccc5c34)nc(-c3cccc4oc5cccnc5c34)n1)c1ccccc12. The number of aromatic nitrogens is 4. The molecule has 10 aromatic rings. The lowest BCUT2D eigenvalue weighted by atomic mass is 9.96. The van der Waals surface area contributed by atoms with E-state index in [9.17, 15) is 0 Å². The monoisotopic (exact) mass is 590 g/mol. The van der Waals surface area contributed by atoms with Gasteiger partial charge in [0.15, 0.2) is 23.1 Å². The number of pyridine rings is 1. The molecule has 0 atom stereocenters. The summed E-state index contributed by atoms with van der Waals surface area (Å²) in [7, 11) is 0. The van der Waals surface area contributed by atoms with Crippen molar-refractivity contribution in [1.29, 1.82) is 0 Å². The number of nitrogens with zero attached hydrogens (tertiary/aromatic N) is 4. The van der Waals surface area contributed by atoms with Crippen molar-refractivity contribution < 1.29 is 8.83 Å². The van der Waals surface area contributed by atoms with Gasteiger partial charge in [0.05, 0.1) is 5.39 Å². The van der Waals surface area contributed by atoms with Crippen molar-refractivity contribution in [3.05, 3.63) is 134 Å². The molecule has 0 saturated heterocycles. The van der Waals surface area contributed by atoms with Crippen LogP contribution in [0, 0.1) is 0 Å². The number of para-hydroxylation sites is 1. The van der Waals surface area contributed by atoms with E-state index < -0.39 is 0 Å². The van der Waals surface area contributed by atoms with E-state index in [4.69, 9.17) is 23.8 Å². The third-order valence-corrected chi connectivity index (χ3v) is 8.78. The van der Waals surface area contributed by atoms with Gasteiger partial charge in [-0.05, 0) is 57.9 Å². The summed E-state index contributed by atoms with van der Waals surface area (Å²) in [5.41, 5.74) is 6.46. The van der Waals surface area contributed by atoms with E-state index in [2.05, 4.69) is 71.7 Å². The highest BCUT2D eigenvalue weighted by Crippen LogP contribution is 2.40. The number of hydrogen-bond acceptors (Lipinski definition) is 6. The minimum Gasteiger partial charge on any atom is -0.456 e. The van der Waals surface area contributed by atoms with E-state index in [0.717, 1.165) is 76.9 Å². The summed E-state index contributed by atoms with van der Waals surface area (Å²) >= 11 is 0. The third kappa shape index (κ3) is 3.64. The summed E-state index contributed by atoms with van der Waals surface area (Å²) in [5.74, 6) is 1.69. The molecule has 6 heteroatoms. The molecule has 214 valence electrons. The van der Waals surface area contributed by atoms with Gasteiger partial charge in [-0.2, -0.15) is 0 Å². The van der Waals surface area contributed by atoms with E-state index in [-0.39, 0.29) is 0 Å². The number of fused-ring (bicyclic) bond motifs is 9. The Labute approximate surface area is 261 Å². The van der Waals surface area contributed by atoms with Crippen LogP contribution < -0.4 is 0 Å². The Morgan fingerprint density at radius 3 is 1.76 bits per heavy atom. The number of benzene rings is 6. The van der Waals surface area contributed by atoms with Crippen molar-refractivity contribution in [3.8, 4) is 34.2 Å². The first kappa shape index (κ1) is 25.0. The molecule has 4 aromatic heterocycles. The highest BCUT2D eigenvalue weighted by molar-refractivity contribution is 6.15. The van der Waals surface area contributed by atoms with Crippen LogP contribution in [0.15, 0.2) is 142 Å². The van der Waals surface area contributed by atoms with Crippen molar-refractivity contribution in [1.82, 2.24) is 19.9 Å². The topological polar surface area (TPSA) is 77.8 Å². The summed E-state index contributed by atoms with van der Waals surface area (Å²) in [6, 6.07) is 42.9. The molecule has 4 heterocycles. The Kier molecular flexibility index (Phi) is 5.19. The van der Waals surface area contributed by atoms with Gasteiger partial charge < -0.3 is 8.83 Å². The normalized spacial score (nSPS) is 11.9. The van der Waals surface area contributed by atoms with Crippen molar-refractivity contribution >= 4 is 65.6 Å². The van der Waals surface area contributed by atoms with Gasteiger partial charge >= 0.3 is 0 Å². The van der Waals surface area contributed by atoms with Crippen LogP contribution >= 0.6 is 0 Å². The Hall–Kier alpha value is -6.40. The van der Waals surface area contributed by atoms with E-state index in [1.807, 2.05) is 60.7 Å². The predicted molar refractivity (Wildman–Crippen MR) is 183 cm³/mol. The lowest BCUT2D eigenvalue weighted by Crippen LogP contribution is -2.01. The summed E-state index contributed by atoms with van der Waals surface area (Å²) in [6.45, 7) is 0. The van der Waals surface area contributed by atoms with Crippen molar-refractivity contribution in [2.75, 3.05) is 0 Å². The Morgan fingerprint density at radius 2 is 0.957 bits per heavy atom. The van der Waals surface area contributed by atoms with Crippen LogP contribution in [0.3, 0.4) is 0 Å². The van der Waals surface area contributed by atoms with Crippen LogP contribution in [0.5, 0.6) is 0 Å². The Morgan fingerprint density at radius 1 is 0.391 bits per heavy atom. The van der Waals surface area contributed by atoms with Crippen LogP contribution in [0.1, 0.15) is 0 Å². The van der Waals surface area contributed by atoms with E-state index in [0.29, 0.717) is 17.5 Å². The molecule has 0 fully saturated rings. The van der Waals surface area contributed by atoms with Gasteiger partial charge in [-0.15, -0.1) is 0 Å². The maximum Gasteiger partial charge on any atom is 0.164 e. The molecular formula is C40H22N4O2. The molecule has 0 spiro atoms. The van der Waals surface area contributed by atoms with Gasteiger partial charge in [-0.3, -0.25) is 4.98 Å². The first-order valence-corrected chi connectivity index (χ1v) is 15.1. The maximum absolute atomic E-state index is 6.25. The molecule has 0 aliphatic rings. The van der Waals surface area contributed by atoms with Crippen LogP contribution in [-0.4, -0.2) is 19.9 Å². The van der Waals surface area contributed by atoms with Crippen molar-refractivity contribution in [2.45, 2.75) is 0 Å². The Bertz CT molecular complexity index is 2700. The van der Waals surface area contributed by atoms with E-state index in [1.165, 1.54) is 5.39 Å². The molecule has 0 aliphatic heterocycles. The van der Waals surface area contributed by atoms with E-state index in [1.54, 1.807) is 6.20 Å². The zero-order chi connectivity index (χ0) is 30.2.